The third kappa shape index (κ3) is 4.36. The van der Waals surface area contributed by atoms with Crippen molar-refractivity contribution >= 4 is 32.7 Å². The number of aliphatic carboxylic acids is 1. The molecule has 140 valence electrons. The predicted octanol–water partition coefficient (Wildman–Crippen LogP) is 1.94. The molecular weight excluding hydrogens is 360 g/mol. The van der Waals surface area contributed by atoms with Crippen molar-refractivity contribution in [3.63, 3.8) is 0 Å². The zero-order chi connectivity index (χ0) is 19.5. The first-order valence-corrected chi connectivity index (χ1v) is 9.27. The highest BCUT2D eigenvalue weighted by molar-refractivity contribution is 7.89. The first-order chi connectivity index (χ1) is 12.1. The van der Waals surface area contributed by atoms with Crippen molar-refractivity contribution in [1.29, 1.82) is 0 Å². The van der Waals surface area contributed by atoms with E-state index in [1.54, 1.807) is 19.9 Å². The summed E-state index contributed by atoms with van der Waals surface area (Å²) in [5, 5.41) is 9.49. The van der Waals surface area contributed by atoms with Crippen molar-refractivity contribution in [2.45, 2.75) is 37.1 Å². The summed E-state index contributed by atoms with van der Waals surface area (Å²) in [6.07, 6.45) is 1.30. The number of hydrogen-bond acceptors (Lipinski definition) is 6. The van der Waals surface area contributed by atoms with Crippen LogP contribution in [0.2, 0.25) is 0 Å². The van der Waals surface area contributed by atoms with Gasteiger partial charge in [0, 0.05) is 28.9 Å². The lowest BCUT2D eigenvalue weighted by Crippen LogP contribution is -2.43. The molecule has 0 saturated carbocycles. The van der Waals surface area contributed by atoms with Gasteiger partial charge in [-0.15, -0.1) is 0 Å². The Morgan fingerprint density at radius 1 is 1.23 bits per heavy atom. The number of nitrogens with zero attached hydrogens (tertiary/aromatic N) is 1. The molecule has 1 heterocycles. The lowest BCUT2D eigenvalue weighted by Gasteiger charge is -2.25. The van der Waals surface area contributed by atoms with Gasteiger partial charge in [0.05, 0.1) is 12.0 Å². The Balaban J connectivity index is 2.49. The number of aromatic nitrogens is 1. The minimum Gasteiger partial charge on any atom is -0.481 e. The zero-order valence-electron chi connectivity index (χ0n) is 14.6. The molecule has 0 unspecified atom stereocenters. The average molecular weight is 380 g/mol. The third-order valence-corrected chi connectivity index (χ3v) is 5.57. The highest BCUT2D eigenvalue weighted by atomic mass is 32.2. The van der Waals surface area contributed by atoms with Crippen molar-refractivity contribution in [1.82, 2.24) is 9.71 Å². The van der Waals surface area contributed by atoms with E-state index < -0.39 is 27.5 Å². The fraction of sp³-hybridized carbons (Fsp3) is 0.353. The minimum atomic E-state index is -3.96. The quantitative estimate of drug-likeness (QED) is 0.704. The number of nitrogens with one attached hydrogen (secondary N) is 1. The van der Waals surface area contributed by atoms with E-state index in [0.717, 1.165) is 0 Å². The molecule has 2 N–H and O–H groups in total. The Kier molecular flexibility index (Phi) is 5.62. The molecule has 0 aliphatic carbocycles. The first-order valence-electron chi connectivity index (χ1n) is 7.79. The van der Waals surface area contributed by atoms with E-state index >= 15 is 0 Å². The Bertz CT molecular complexity index is 953. The molecule has 0 fully saturated rings. The van der Waals surface area contributed by atoms with E-state index in [0.29, 0.717) is 10.8 Å². The van der Waals surface area contributed by atoms with Gasteiger partial charge in [-0.25, -0.2) is 22.9 Å². The SMILES string of the molecule is COC(=O)c1nccc2c(S(=O)(=O)NC(C)(C)CCC(=O)O)cccc12. The van der Waals surface area contributed by atoms with Crippen LogP contribution in [0, 0.1) is 0 Å². The van der Waals surface area contributed by atoms with Crippen LogP contribution in [0.15, 0.2) is 35.4 Å². The molecule has 0 bridgehead atoms. The molecule has 1 aromatic heterocycles. The number of rotatable bonds is 7. The van der Waals surface area contributed by atoms with Gasteiger partial charge in [0.1, 0.15) is 0 Å². The van der Waals surface area contributed by atoms with Gasteiger partial charge in [-0.1, -0.05) is 12.1 Å². The number of carbonyl (C=O) groups excluding carboxylic acids is 1. The van der Waals surface area contributed by atoms with Crippen molar-refractivity contribution in [2.24, 2.45) is 0 Å². The normalized spacial score (nSPS) is 12.1. The number of hydrogen-bond donors (Lipinski definition) is 2. The smallest absolute Gasteiger partial charge is 0.357 e. The third-order valence-electron chi connectivity index (χ3n) is 3.81. The lowest BCUT2D eigenvalue weighted by molar-refractivity contribution is -0.137. The van der Waals surface area contributed by atoms with Crippen LogP contribution in [0.3, 0.4) is 0 Å². The molecule has 0 spiro atoms. The summed E-state index contributed by atoms with van der Waals surface area (Å²) >= 11 is 0. The van der Waals surface area contributed by atoms with E-state index in [4.69, 9.17) is 5.11 Å². The fourth-order valence-corrected chi connectivity index (χ4v) is 4.23. The average Bonchev–Trinajstić information content (AvgIpc) is 2.57. The van der Waals surface area contributed by atoms with E-state index in [1.807, 2.05) is 0 Å². The van der Waals surface area contributed by atoms with Gasteiger partial charge in [0.2, 0.25) is 10.0 Å². The van der Waals surface area contributed by atoms with Gasteiger partial charge in [0.25, 0.3) is 0 Å². The Labute approximate surface area is 151 Å². The second kappa shape index (κ2) is 7.38. The molecule has 0 saturated heterocycles. The number of carbonyl (C=O) groups is 2. The maximum Gasteiger partial charge on any atom is 0.357 e. The largest absolute Gasteiger partial charge is 0.481 e. The number of carboxylic acids is 1. The number of fused-ring (bicyclic) bond motifs is 1. The Morgan fingerprint density at radius 3 is 2.54 bits per heavy atom. The number of methoxy groups -OCH3 is 1. The summed E-state index contributed by atoms with van der Waals surface area (Å²) in [7, 11) is -2.75. The number of pyridine rings is 1. The highest BCUT2D eigenvalue weighted by Gasteiger charge is 2.28. The van der Waals surface area contributed by atoms with Gasteiger partial charge in [-0.2, -0.15) is 0 Å². The van der Waals surface area contributed by atoms with Gasteiger partial charge >= 0.3 is 11.9 Å². The fourth-order valence-electron chi connectivity index (χ4n) is 2.56. The molecule has 0 atom stereocenters. The van der Waals surface area contributed by atoms with Crippen LogP contribution in [0.5, 0.6) is 0 Å². The van der Waals surface area contributed by atoms with Crippen molar-refractivity contribution < 1.29 is 27.9 Å². The maximum absolute atomic E-state index is 12.9. The maximum atomic E-state index is 12.9. The summed E-state index contributed by atoms with van der Waals surface area (Å²) in [5.74, 6) is -1.67. The molecular formula is C17H20N2O6S. The molecule has 0 aliphatic rings. The van der Waals surface area contributed by atoms with Crippen molar-refractivity contribution in [2.75, 3.05) is 7.11 Å². The lowest BCUT2D eigenvalue weighted by atomic mass is 10.0. The minimum absolute atomic E-state index is 0.0205. The van der Waals surface area contributed by atoms with E-state index in [2.05, 4.69) is 14.4 Å². The first kappa shape index (κ1) is 19.8. The van der Waals surface area contributed by atoms with E-state index in [1.165, 1.54) is 31.5 Å². The number of sulfonamides is 1. The summed E-state index contributed by atoms with van der Waals surface area (Å²) < 4.78 is 32.9. The highest BCUT2D eigenvalue weighted by Crippen LogP contribution is 2.26. The number of benzene rings is 1. The second-order valence-corrected chi connectivity index (χ2v) is 8.04. The van der Waals surface area contributed by atoms with Gasteiger partial charge in [-0.3, -0.25) is 4.79 Å². The Hall–Kier alpha value is -2.52. The molecule has 0 aliphatic heterocycles. The Morgan fingerprint density at radius 2 is 1.92 bits per heavy atom. The molecule has 0 radical (unpaired) electrons. The molecule has 0 amide bonds. The van der Waals surface area contributed by atoms with Gasteiger partial charge in [-0.05, 0) is 32.4 Å². The summed E-state index contributed by atoms with van der Waals surface area (Å²) in [4.78, 5) is 26.6. The molecule has 2 rings (SSSR count). The number of ether oxygens (including phenoxy) is 1. The summed E-state index contributed by atoms with van der Waals surface area (Å²) in [5.41, 5.74) is -0.940. The van der Waals surface area contributed by atoms with E-state index in [-0.39, 0.29) is 23.4 Å². The molecule has 2 aromatic rings. The molecule has 8 nitrogen and oxygen atoms in total. The van der Waals surface area contributed by atoms with Gasteiger partial charge < -0.3 is 9.84 Å². The van der Waals surface area contributed by atoms with Crippen LogP contribution in [0.1, 0.15) is 37.2 Å². The van der Waals surface area contributed by atoms with Crippen molar-refractivity contribution in [3.8, 4) is 0 Å². The zero-order valence-corrected chi connectivity index (χ0v) is 15.5. The number of esters is 1. The van der Waals surface area contributed by atoms with Crippen LogP contribution in [0.25, 0.3) is 10.8 Å². The second-order valence-electron chi connectivity index (χ2n) is 6.39. The molecule has 1 aromatic carbocycles. The van der Waals surface area contributed by atoms with Gasteiger partial charge in [0.15, 0.2) is 5.69 Å². The summed E-state index contributed by atoms with van der Waals surface area (Å²) in [6.45, 7) is 3.22. The van der Waals surface area contributed by atoms with Crippen molar-refractivity contribution in [3.05, 3.63) is 36.2 Å². The standard InChI is InChI=1S/C17H20N2O6S/c1-17(2,9-7-14(20)21)19-26(23,24)13-6-4-5-12-11(13)8-10-18-15(12)16(22)25-3/h4-6,8,10,19H,7,9H2,1-3H3,(H,20,21). The van der Waals surface area contributed by atoms with Crippen LogP contribution >= 0.6 is 0 Å². The molecule has 9 heteroatoms. The van der Waals surface area contributed by atoms with E-state index in [9.17, 15) is 18.0 Å². The monoisotopic (exact) mass is 380 g/mol. The topological polar surface area (TPSA) is 123 Å². The number of carboxylic acid groups (broad SMARTS) is 1. The van der Waals surface area contributed by atoms with Crippen LogP contribution in [-0.4, -0.2) is 43.1 Å². The van der Waals surface area contributed by atoms with Crippen LogP contribution in [0.4, 0.5) is 0 Å². The predicted molar refractivity (Wildman–Crippen MR) is 94.4 cm³/mol. The summed E-state index contributed by atoms with van der Waals surface area (Å²) in [6, 6.07) is 6.01. The van der Waals surface area contributed by atoms with Crippen LogP contribution in [-0.2, 0) is 19.6 Å². The molecule has 26 heavy (non-hydrogen) atoms. The van der Waals surface area contributed by atoms with Crippen LogP contribution < -0.4 is 4.72 Å².